The third kappa shape index (κ3) is 4.81. The minimum Gasteiger partial charge on any atom is -0.312 e. The molecule has 0 aromatic heterocycles. The van der Waals surface area contributed by atoms with Gasteiger partial charge in [0.2, 0.25) is 0 Å². The normalized spacial score (nSPS) is 26.8. The summed E-state index contributed by atoms with van der Waals surface area (Å²) in [6.45, 7) is 9.94. The van der Waals surface area contributed by atoms with E-state index in [1.165, 1.54) is 31.2 Å². The first-order valence-corrected chi connectivity index (χ1v) is 8.39. The maximum Gasteiger partial charge on any atom is 0.123 e. The van der Waals surface area contributed by atoms with E-state index in [9.17, 15) is 4.39 Å². The number of hydrogen-bond donors (Lipinski definition) is 1. The highest BCUT2D eigenvalue weighted by Crippen LogP contribution is 2.41. The van der Waals surface area contributed by atoms with Crippen molar-refractivity contribution in [1.82, 2.24) is 5.32 Å². The van der Waals surface area contributed by atoms with Gasteiger partial charge in [-0.25, -0.2) is 4.39 Å². The minimum atomic E-state index is -0.103. The van der Waals surface area contributed by atoms with Crippen LogP contribution in [-0.4, -0.2) is 12.1 Å². The van der Waals surface area contributed by atoms with E-state index in [1.54, 1.807) is 12.1 Å². The fourth-order valence-corrected chi connectivity index (χ4v) is 3.52. The highest BCUT2D eigenvalue weighted by atomic mass is 19.1. The third-order valence-electron chi connectivity index (χ3n) is 4.85. The highest BCUT2D eigenvalue weighted by Gasteiger charge is 2.31. The largest absolute Gasteiger partial charge is 0.312 e. The molecule has 1 aliphatic carbocycles. The van der Waals surface area contributed by atoms with Gasteiger partial charge in [-0.3, -0.25) is 0 Å². The third-order valence-corrected chi connectivity index (χ3v) is 4.85. The van der Waals surface area contributed by atoms with Gasteiger partial charge in [-0.15, -0.1) is 0 Å². The van der Waals surface area contributed by atoms with Crippen LogP contribution in [0.4, 0.5) is 4.39 Å². The smallest absolute Gasteiger partial charge is 0.123 e. The van der Waals surface area contributed by atoms with Gasteiger partial charge in [0.15, 0.2) is 0 Å². The predicted molar refractivity (Wildman–Crippen MR) is 88.0 cm³/mol. The van der Waals surface area contributed by atoms with Crippen molar-refractivity contribution in [1.29, 1.82) is 0 Å². The van der Waals surface area contributed by atoms with E-state index in [-0.39, 0.29) is 11.4 Å². The maximum atomic E-state index is 13.6. The predicted octanol–water partition coefficient (Wildman–Crippen LogP) is 5.12. The molecule has 0 amide bonds. The second kappa shape index (κ2) is 6.91. The second-order valence-electron chi connectivity index (χ2n) is 7.64. The number of hydrogen-bond acceptors (Lipinski definition) is 1. The zero-order chi connectivity index (χ0) is 15.5. The summed E-state index contributed by atoms with van der Waals surface area (Å²) in [5, 5.41) is 3.65. The molecule has 0 saturated heterocycles. The number of benzene rings is 1. The van der Waals surface area contributed by atoms with Crippen molar-refractivity contribution in [3.8, 4) is 0 Å². The van der Waals surface area contributed by atoms with Crippen LogP contribution in [0.25, 0.3) is 0 Å². The summed E-state index contributed by atoms with van der Waals surface area (Å²) in [4.78, 5) is 0. The molecule has 0 bridgehead atoms. The summed E-state index contributed by atoms with van der Waals surface area (Å²) in [6.07, 6.45) is 5.02. The van der Waals surface area contributed by atoms with Crippen LogP contribution in [-0.2, 0) is 0 Å². The molecule has 1 aromatic carbocycles. The van der Waals surface area contributed by atoms with E-state index < -0.39 is 0 Å². The van der Waals surface area contributed by atoms with Crippen LogP contribution in [0, 0.1) is 17.7 Å². The second-order valence-corrected chi connectivity index (χ2v) is 7.64. The van der Waals surface area contributed by atoms with Gasteiger partial charge in [0.05, 0.1) is 0 Å². The quantitative estimate of drug-likeness (QED) is 0.811. The Morgan fingerprint density at radius 3 is 2.62 bits per heavy atom. The molecule has 21 heavy (non-hydrogen) atoms. The Hall–Kier alpha value is -0.890. The van der Waals surface area contributed by atoms with Gasteiger partial charge in [0.1, 0.15) is 5.82 Å². The SMILES string of the molecule is CCC1CCC(CNC(C)(C)C)C(c2cccc(F)c2)C1. The van der Waals surface area contributed by atoms with E-state index in [2.05, 4.69) is 39.1 Å². The van der Waals surface area contributed by atoms with Crippen LogP contribution in [0.2, 0.25) is 0 Å². The molecule has 2 heteroatoms. The van der Waals surface area contributed by atoms with Crippen molar-refractivity contribution in [2.75, 3.05) is 6.54 Å². The molecule has 0 radical (unpaired) electrons. The molecule has 1 N–H and O–H groups in total. The summed E-state index contributed by atoms with van der Waals surface area (Å²) in [5.74, 6) is 1.81. The highest BCUT2D eigenvalue weighted by molar-refractivity contribution is 5.22. The fourth-order valence-electron chi connectivity index (χ4n) is 3.52. The van der Waals surface area contributed by atoms with Crippen LogP contribution in [0.1, 0.15) is 64.9 Å². The summed E-state index contributed by atoms with van der Waals surface area (Å²) in [7, 11) is 0. The van der Waals surface area contributed by atoms with Crippen LogP contribution in [0.3, 0.4) is 0 Å². The van der Waals surface area contributed by atoms with Gasteiger partial charge in [0.25, 0.3) is 0 Å². The molecule has 1 aliphatic rings. The summed E-state index contributed by atoms with van der Waals surface area (Å²) in [6, 6.07) is 7.25. The van der Waals surface area contributed by atoms with Crippen LogP contribution in [0.5, 0.6) is 0 Å². The molecule has 1 saturated carbocycles. The fraction of sp³-hybridized carbons (Fsp3) is 0.684. The molecule has 0 aliphatic heterocycles. The minimum absolute atomic E-state index is 0.103. The molecule has 0 spiro atoms. The van der Waals surface area contributed by atoms with Gasteiger partial charge in [-0.2, -0.15) is 0 Å². The van der Waals surface area contributed by atoms with Gasteiger partial charge in [0, 0.05) is 5.54 Å². The molecule has 1 aromatic rings. The Balaban J connectivity index is 2.13. The van der Waals surface area contributed by atoms with Gasteiger partial charge < -0.3 is 5.32 Å². The number of halogens is 1. The Morgan fingerprint density at radius 2 is 2.00 bits per heavy atom. The van der Waals surface area contributed by atoms with Crippen molar-refractivity contribution in [3.63, 3.8) is 0 Å². The lowest BCUT2D eigenvalue weighted by atomic mass is 9.70. The molecule has 3 atom stereocenters. The monoisotopic (exact) mass is 291 g/mol. The van der Waals surface area contributed by atoms with E-state index in [0.29, 0.717) is 11.8 Å². The average Bonchev–Trinajstić information content (AvgIpc) is 2.44. The van der Waals surface area contributed by atoms with Crippen molar-refractivity contribution in [2.45, 2.75) is 64.8 Å². The molecular formula is C19H30FN. The Bertz CT molecular complexity index is 449. The lowest BCUT2D eigenvalue weighted by Crippen LogP contribution is -2.41. The van der Waals surface area contributed by atoms with Crippen molar-refractivity contribution in [3.05, 3.63) is 35.6 Å². The van der Waals surface area contributed by atoms with Gasteiger partial charge >= 0.3 is 0 Å². The Kier molecular flexibility index (Phi) is 5.43. The molecule has 1 fully saturated rings. The molecule has 2 rings (SSSR count). The molecule has 0 heterocycles. The van der Waals surface area contributed by atoms with E-state index in [1.807, 2.05) is 6.07 Å². The lowest BCUT2D eigenvalue weighted by molar-refractivity contribution is 0.213. The zero-order valence-electron chi connectivity index (χ0n) is 14.0. The summed E-state index contributed by atoms with van der Waals surface area (Å²) < 4.78 is 13.6. The van der Waals surface area contributed by atoms with E-state index in [0.717, 1.165) is 12.5 Å². The first-order chi connectivity index (χ1) is 9.89. The van der Waals surface area contributed by atoms with Gasteiger partial charge in [-0.05, 0) is 75.6 Å². The van der Waals surface area contributed by atoms with Crippen molar-refractivity contribution in [2.24, 2.45) is 11.8 Å². The van der Waals surface area contributed by atoms with E-state index >= 15 is 0 Å². The van der Waals surface area contributed by atoms with Crippen LogP contribution in [0.15, 0.2) is 24.3 Å². The van der Waals surface area contributed by atoms with Crippen molar-refractivity contribution >= 4 is 0 Å². The first-order valence-electron chi connectivity index (χ1n) is 8.39. The zero-order valence-corrected chi connectivity index (χ0v) is 14.0. The number of nitrogens with one attached hydrogen (secondary N) is 1. The topological polar surface area (TPSA) is 12.0 Å². The van der Waals surface area contributed by atoms with Crippen LogP contribution < -0.4 is 5.32 Å². The first kappa shape index (κ1) is 16.5. The number of rotatable bonds is 4. The Labute approximate surface area is 129 Å². The average molecular weight is 291 g/mol. The van der Waals surface area contributed by atoms with Gasteiger partial charge in [-0.1, -0.05) is 31.9 Å². The van der Waals surface area contributed by atoms with E-state index in [4.69, 9.17) is 0 Å². The van der Waals surface area contributed by atoms with Crippen molar-refractivity contribution < 1.29 is 4.39 Å². The molecule has 1 nitrogen and oxygen atoms in total. The Morgan fingerprint density at radius 1 is 1.24 bits per heavy atom. The molecule has 3 unspecified atom stereocenters. The molecule has 118 valence electrons. The standard InChI is InChI=1S/C19H30FN/c1-5-14-9-10-16(13-21-19(2,3)4)18(11-14)15-7-6-8-17(20)12-15/h6-8,12,14,16,18,21H,5,9-11,13H2,1-4H3. The maximum absolute atomic E-state index is 13.6. The summed E-state index contributed by atoms with van der Waals surface area (Å²) in [5.41, 5.74) is 1.34. The molecular weight excluding hydrogens is 261 g/mol. The van der Waals surface area contributed by atoms with Crippen LogP contribution >= 0.6 is 0 Å². The summed E-state index contributed by atoms with van der Waals surface area (Å²) >= 11 is 0. The lowest BCUT2D eigenvalue weighted by Gasteiger charge is -2.38.